The van der Waals surface area contributed by atoms with Gasteiger partial charge in [-0.3, -0.25) is 14.6 Å². The Morgan fingerprint density at radius 2 is 1.96 bits per heavy atom. The van der Waals surface area contributed by atoms with Crippen molar-refractivity contribution >= 4 is 11.6 Å². The second-order valence-corrected chi connectivity index (χ2v) is 6.93. The van der Waals surface area contributed by atoms with E-state index >= 15 is 0 Å². The molecule has 2 aliphatic rings. The van der Waals surface area contributed by atoms with Crippen molar-refractivity contribution in [1.82, 2.24) is 9.80 Å². The monoisotopic (exact) mass is 347 g/mol. The molecule has 2 fully saturated rings. The molecule has 6 nitrogen and oxygen atoms in total. The van der Waals surface area contributed by atoms with Crippen molar-refractivity contribution in [3.63, 3.8) is 0 Å². The predicted octanol–water partition coefficient (Wildman–Crippen LogP) is 1.82. The molecule has 25 heavy (non-hydrogen) atoms. The number of ether oxygens (including phenoxy) is 2. The van der Waals surface area contributed by atoms with Gasteiger partial charge in [-0.05, 0) is 44.0 Å². The van der Waals surface area contributed by atoms with Crippen LogP contribution in [-0.4, -0.2) is 74.3 Å². The van der Waals surface area contributed by atoms with Gasteiger partial charge >= 0.3 is 0 Å². The van der Waals surface area contributed by atoms with Gasteiger partial charge in [-0.15, -0.1) is 0 Å². The summed E-state index contributed by atoms with van der Waals surface area (Å²) in [7, 11) is 1.63. The van der Waals surface area contributed by atoms with E-state index in [-0.39, 0.29) is 5.91 Å². The maximum atomic E-state index is 12.3. The SMILES string of the molecule is COc1ccc(NC(=O)CN2CCN(C3CCOCC3)C[C@@H]2C)cc1. The zero-order chi connectivity index (χ0) is 17.6. The number of piperazine rings is 1. The van der Waals surface area contributed by atoms with Crippen LogP contribution in [-0.2, 0) is 9.53 Å². The minimum Gasteiger partial charge on any atom is -0.497 e. The highest BCUT2D eigenvalue weighted by Gasteiger charge is 2.30. The third kappa shape index (κ3) is 4.93. The van der Waals surface area contributed by atoms with E-state index < -0.39 is 0 Å². The van der Waals surface area contributed by atoms with Crippen molar-refractivity contribution in [2.75, 3.05) is 51.8 Å². The standard InChI is InChI=1S/C19H29N3O3/c1-15-13-22(17-7-11-25-12-8-17)10-9-21(15)14-19(23)20-16-3-5-18(24-2)6-4-16/h3-6,15,17H,7-14H2,1-2H3,(H,20,23)/t15-/m0/s1. The first kappa shape index (κ1) is 18.2. The maximum Gasteiger partial charge on any atom is 0.238 e. The van der Waals surface area contributed by atoms with Crippen molar-refractivity contribution in [3.05, 3.63) is 24.3 Å². The zero-order valence-electron chi connectivity index (χ0n) is 15.2. The van der Waals surface area contributed by atoms with Crippen LogP contribution in [0.5, 0.6) is 5.75 Å². The van der Waals surface area contributed by atoms with Crippen LogP contribution in [0.4, 0.5) is 5.69 Å². The fraction of sp³-hybridized carbons (Fsp3) is 0.632. The Balaban J connectivity index is 1.46. The van der Waals surface area contributed by atoms with Gasteiger partial charge in [0, 0.05) is 50.6 Å². The van der Waals surface area contributed by atoms with E-state index in [2.05, 4.69) is 22.0 Å². The van der Waals surface area contributed by atoms with E-state index in [1.54, 1.807) is 7.11 Å². The average molecular weight is 347 g/mol. The van der Waals surface area contributed by atoms with Crippen molar-refractivity contribution in [2.45, 2.75) is 31.8 Å². The number of carbonyl (C=O) groups is 1. The molecule has 0 saturated carbocycles. The molecule has 1 aromatic carbocycles. The summed E-state index contributed by atoms with van der Waals surface area (Å²) in [4.78, 5) is 17.2. The third-order valence-corrected chi connectivity index (χ3v) is 5.22. The van der Waals surface area contributed by atoms with Gasteiger partial charge in [0.25, 0.3) is 0 Å². The van der Waals surface area contributed by atoms with Gasteiger partial charge in [-0.25, -0.2) is 0 Å². The number of hydrogen-bond acceptors (Lipinski definition) is 5. The molecule has 0 aliphatic carbocycles. The number of anilines is 1. The van der Waals surface area contributed by atoms with Gasteiger partial charge < -0.3 is 14.8 Å². The molecule has 138 valence electrons. The van der Waals surface area contributed by atoms with Crippen molar-refractivity contribution in [2.24, 2.45) is 0 Å². The average Bonchev–Trinajstić information content (AvgIpc) is 2.65. The molecule has 2 heterocycles. The van der Waals surface area contributed by atoms with Crippen LogP contribution in [0.2, 0.25) is 0 Å². The van der Waals surface area contributed by atoms with Gasteiger partial charge in [0.15, 0.2) is 0 Å². The summed E-state index contributed by atoms with van der Waals surface area (Å²) in [5.74, 6) is 0.826. The Morgan fingerprint density at radius 3 is 2.60 bits per heavy atom. The maximum absolute atomic E-state index is 12.3. The summed E-state index contributed by atoms with van der Waals surface area (Å²) in [6.45, 7) is 7.41. The predicted molar refractivity (Wildman–Crippen MR) is 98.1 cm³/mol. The summed E-state index contributed by atoms with van der Waals surface area (Å²) >= 11 is 0. The van der Waals surface area contributed by atoms with Crippen molar-refractivity contribution < 1.29 is 14.3 Å². The van der Waals surface area contributed by atoms with Crippen LogP contribution >= 0.6 is 0 Å². The number of carbonyl (C=O) groups excluding carboxylic acids is 1. The first-order valence-corrected chi connectivity index (χ1v) is 9.15. The normalized spacial score (nSPS) is 23.4. The number of hydrogen-bond donors (Lipinski definition) is 1. The fourth-order valence-corrected chi connectivity index (χ4v) is 3.70. The van der Waals surface area contributed by atoms with E-state index in [4.69, 9.17) is 9.47 Å². The molecule has 0 bridgehead atoms. The molecular formula is C19H29N3O3. The summed E-state index contributed by atoms with van der Waals surface area (Å²) < 4.78 is 10.6. The van der Waals surface area contributed by atoms with Crippen LogP contribution < -0.4 is 10.1 Å². The Kier molecular flexibility index (Phi) is 6.29. The second-order valence-electron chi connectivity index (χ2n) is 6.93. The first-order valence-electron chi connectivity index (χ1n) is 9.15. The number of benzene rings is 1. The quantitative estimate of drug-likeness (QED) is 0.881. The molecule has 1 amide bonds. The summed E-state index contributed by atoms with van der Waals surface area (Å²) in [6.07, 6.45) is 2.26. The smallest absolute Gasteiger partial charge is 0.238 e. The molecule has 6 heteroatoms. The number of nitrogens with zero attached hydrogens (tertiary/aromatic N) is 2. The van der Waals surface area contributed by atoms with Gasteiger partial charge in [0.05, 0.1) is 13.7 Å². The number of nitrogens with one attached hydrogen (secondary N) is 1. The Hall–Kier alpha value is -1.63. The lowest BCUT2D eigenvalue weighted by Gasteiger charge is -2.44. The molecule has 1 atom stereocenters. The summed E-state index contributed by atoms with van der Waals surface area (Å²) in [6, 6.07) is 8.46. The largest absolute Gasteiger partial charge is 0.497 e. The van der Waals surface area contributed by atoms with Crippen LogP contribution in [0.3, 0.4) is 0 Å². The minimum atomic E-state index is 0.0385. The van der Waals surface area contributed by atoms with E-state index in [0.717, 1.165) is 57.1 Å². The molecule has 2 aliphatic heterocycles. The molecule has 0 unspecified atom stereocenters. The van der Waals surface area contributed by atoms with Crippen LogP contribution in [0.15, 0.2) is 24.3 Å². The fourth-order valence-electron chi connectivity index (χ4n) is 3.70. The molecule has 1 aromatic rings. The van der Waals surface area contributed by atoms with Crippen molar-refractivity contribution in [3.8, 4) is 5.75 Å². The van der Waals surface area contributed by atoms with E-state index in [0.29, 0.717) is 18.6 Å². The lowest BCUT2D eigenvalue weighted by Crippen LogP contribution is -2.56. The molecule has 0 radical (unpaired) electrons. The topological polar surface area (TPSA) is 54.0 Å². The number of rotatable bonds is 5. The molecular weight excluding hydrogens is 318 g/mol. The molecule has 2 saturated heterocycles. The van der Waals surface area contributed by atoms with Gasteiger partial charge in [0.2, 0.25) is 5.91 Å². The van der Waals surface area contributed by atoms with Gasteiger partial charge in [-0.1, -0.05) is 0 Å². The lowest BCUT2D eigenvalue weighted by molar-refractivity contribution is -0.118. The first-order chi connectivity index (χ1) is 12.2. The summed E-state index contributed by atoms with van der Waals surface area (Å²) in [5.41, 5.74) is 0.805. The Morgan fingerprint density at radius 1 is 1.24 bits per heavy atom. The molecule has 0 aromatic heterocycles. The Bertz CT molecular complexity index is 558. The number of methoxy groups -OCH3 is 1. The highest BCUT2D eigenvalue weighted by Crippen LogP contribution is 2.19. The van der Waals surface area contributed by atoms with Crippen LogP contribution in [0.25, 0.3) is 0 Å². The lowest BCUT2D eigenvalue weighted by atomic mass is 10.0. The van der Waals surface area contributed by atoms with Crippen molar-refractivity contribution in [1.29, 1.82) is 0 Å². The molecule has 0 spiro atoms. The van der Waals surface area contributed by atoms with Gasteiger partial charge in [-0.2, -0.15) is 0 Å². The van der Waals surface area contributed by atoms with E-state index in [1.165, 1.54) is 0 Å². The van der Waals surface area contributed by atoms with Crippen LogP contribution in [0, 0.1) is 0 Å². The molecule has 1 N–H and O–H groups in total. The number of amides is 1. The minimum absolute atomic E-state index is 0.0385. The highest BCUT2D eigenvalue weighted by atomic mass is 16.5. The highest BCUT2D eigenvalue weighted by molar-refractivity contribution is 5.92. The van der Waals surface area contributed by atoms with E-state index in [9.17, 15) is 4.79 Å². The van der Waals surface area contributed by atoms with E-state index in [1.807, 2.05) is 24.3 Å². The summed E-state index contributed by atoms with van der Waals surface area (Å²) in [5, 5.41) is 2.97. The molecule has 3 rings (SSSR count). The van der Waals surface area contributed by atoms with Gasteiger partial charge in [0.1, 0.15) is 5.75 Å². The second kappa shape index (κ2) is 8.65. The third-order valence-electron chi connectivity index (χ3n) is 5.22. The Labute approximate surface area is 150 Å². The van der Waals surface area contributed by atoms with Crippen LogP contribution in [0.1, 0.15) is 19.8 Å². The zero-order valence-corrected chi connectivity index (χ0v) is 15.2.